The summed E-state index contributed by atoms with van der Waals surface area (Å²) in [5, 5.41) is 0.946. The summed E-state index contributed by atoms with van der Waals surface area (Å²) in [6.07, 6.45) is 1.93. The lowest BCUT2D eigenvalue weighted by Gasteiger charge is -2.08. The molecule has 116 valence electrons. The van der Waals surface area contributed by atoms with Crippen molar-refractivity contribution in [2.75, 3.05) is 0 Å². The number of nitrogens with zero attached hydrogens (tertiary/aromatic N) is 2. The number of hydrogen-bond donors (Lipinski definition) is 1. The van der Waals surface area contributed by atoms with Crippen molar-refractivity contribution in [3.8, 4) is 5.88 Å². The first-order chi connectivity index (χ1) is 11.0. The lowest BCUT2D eigenvalue weighted by molar-refractivity contribution is 0.0965. The zero-order chi connectivity index (χ0) is 16.6. The van der Waals surface area contributed by atoms with Crippen LogP contribution in [0.3, 0.4) is 0 Å². The normalized spacial score (nSPS) is 10.7. The standard InChI is InChI=1S/C15H9Cl2N3O3/c16-9-2-1-3-10(17)12(9)14(21)20-7-5-8-11(20)4-6-19-13(8)23-15(18)22/h1-7H,(H2,18,22). The molecule has 0 unspecified atom stereocenters. The van der Waals surface area contributed by atoms with Gasteiger partial charge in [-0.25, -0.2) is 9.78 Å². The molecule has 3 rings (SSSR count). The van der Waals surface area contributed by atoms with Gasteiger partial charge in [0.2, 0.25) is 5.88 Å². The van der Waals surface area contributed by atoms with Gasteiger partial charge in [-0.2, -0.15) is 0 Å². The highest BCUT2D eigenvalue weighted by atomic mass is 35.5. The van der Waals surface area contributed by atoms with Crippen LogP contribution in [0.15, 0.2) is 42.7 Å². The highest BCUT2D eigenvalue weighted by Crippen LogP contribution is 2.29. The van der Waals surface area contributed by atoms with Crippen LogP contribution in [0, 0.1) is 0 Å². The molecule has 8 heteroatoms. The third kappa shape index (κ3) is 2.74. The monoisotopic (exact) mass is 349 g/mol. The van der Waals surface area contributed by atoms with E-state index >= 15 is 0 Å². The molecule has 2 aromatic heterocycles. The Morgan fingerprint density at radius 3 is 2.48 bits per heavy atom. The van der Waals surface area contributed by atoms with E-state index in [-0.39, 0.29) is 21.5 Å². The van der Waals surface area contributed by atoms with Crippen molar-refractivity contribution in [2.24, 2.45) is 5.73 Å². The van der Waals surface area contributed by atoms with Gasteiger partial charge < -0.3 is 10.5 Å². The molecule has 2 N–H and O–H groups in total. The van der Waals surface area contributed by atoms with Gasteiger partial charge in [0.25, 0.3) is 5.91 Å². The number of amides is 1. The summed E-state index contributed by atoms with van der Waals surface area (Å²) in [6.45, 7) is 0. The van der Waals surface area contributed by atoms with Gasteiger partial charge in [-0.15, -0.1) is 0 Å². The first-order valence-corrected chi connectivity index (χ1v) is 7.16. The number of carbonyl (C=O) groups excluding carboxylic acids is 2. The van der Waals surface area contributed by atoms with Gasteiger partial charge in [0.1, 0.15) is 0 Å². The molecule has 0 fully saturated rings. The molecule has 6 nitrogen and oxygen atoms in total. The number of hydrogen-bond acceptors (Lipinski definition) is 4. The molecule has 0 radical (unpaired) electrons. The fraction of sp³-hybridized carbons (Fsp3) is 0. The molecule has 1 aromatic carbocycles. The van der Waals surface area contributed by atoms with Crippen molar-refractivity contribution in [1.82, 2.24) is 9.55 Å². The molecule has 2 heterocycles. The summed E-state index contributed by atoms with van der Waals surface area (Å²) in [5.74, 6) is -0.390. The molecule has 0 spiro atoms. The number of carbonyl (C=O) groups is 2. The van der Waals surface area contributed by atoms with E-state index in [9.17, 15) is 9.59 Å². The Morgan fingerprint density at radius 2 is 1.83 bits per heavy atom. The Balaban J connectivity index is 2.14. The fourth-order valence-corrected chi connectivity index (χ4v) is 2.78. The van der Waals surface area contributed by atoms with Gasteiger partial charge in [-0.3, -0.25) is 9.36 Å². The lowest BCUT2D eigenvalue weighted by Crippen LogP contribution is -2.17. The summed E-state index contributed by atoms with van der Waals surface area (Å²) >= 11 is 12.2. The molecular weight excluding hydrogens is 341 g/mol. The fourth-order valence-electron chi connectivity index (χ4n) is 2.22. The maximum absolute atomic E-state index is 12.7. The molecule has 0 aliphatic rings. The molecule has 1 amide bonds. The zero-order valence-electron chi connectivity index (χ0n) is 11.5. The second-order valence-corrected chi connectivity index (χ2v) is 5.37. The van der Waals surface area contributed by atoms with E-state index in [1.54, 1.807) is 30.3 Å². The van der Waals surface area contributed by atoms with Crippen molar-refractivity contribution < 1.29 is 14.3 Å². The van der Waals surface area contributed by atoms with E-state index in [1.807, 2.05) is 0 Å². The number of rotatable bonds is 2. The first kappa shape index (κ1) is 15.3. The minimum Gasteiger partial charge on any atom is -0.391 e. The number of ether oxygens (including phenoxy) is 1. The molecule has 0 atom stereocenters. The number of pyridine rings is 1. The highest BCUT2D eigenvalue weighted by molar-refractivity contribution is 6.40. The molecule has 0 aliphatic heterocycles. The maximum Gasteiger partial charge on any atom is 0.411 e. The van der Waals surface area contributed by atoms with Gasteiger partial charge in [0, 0.05) is 12.4 Å². The molecule has 0 saturated carbocycles. The van der Waals surface area contributed by atoms with Crippen LogP contribution in [-0.4, -0.2) is 21.6 Å². The largest absolute Gasteiger partial charge is 0.411 e. The lowest BCUT2D eigenvalue weighted by atomic mass is 10.2. The Morgan fingerprint density at radius 1 is 1.13 bits per heavy atom. The van der Waals surface area contributed by atoms with E-state index < -0.39 is 12.0 Å². The number of benzene rings is 1. The van der Waals surface area contributed by atoms with Crippen molar-refractivity contribution in [3.63, 3.8) is 0 Å². The third-order valence-electron chi connectivity index (χ3n) is 3.17. The van der Waals surface area contributed by atoms with Gasteiger partial charge in [0.05, 0.1) is 26.5 Å². The summed E-state index contributed by atoms with van der Waals surface area (Å²) < 4.78 is 6.17. The maximum atomic E-state index is 12.7. The van der Waals surface area contributed by atoms with Crippen LogP contribution >= 0.6 is 23.2 Å². The average Bonchev–Trinajstić information content (AvgIpc) is 2.91. The zero-order valence-corrected chi connectivity index (χ0v) is 13.0. The van der Waals surface area contributed by atoms with E-state index in [0.29, 0.717) is 10.9 Å². The van der Waals surface area contributed by atoms with Crippen LogP contribution in [0.2, 0.25) is 10.0 Å². The van der Waals surface area contributed by atoms with Gasteiger partial charge in [0.15, 0.2) is 0 Å². The topological polar surface area (TPSA) is 87.2 Å². The van der Waals surface area contributed by atoms with Crippen LogP contribution in [0.5, 0.6) is 5.88 Å². The molecule has 23 heavy (non-hydrogen) atoms. The van der Waals surface area contributed by atoms with Gasteiger partial charge >= 0.3 is 6.09 Å². The predicted molar refractivity (Wildman–Crippen MR) is 86.1 cm³/mol. The first-order valence-electron chi connectivity index (χ1n) is 6.41. The quantitative estimate of drug-likeness (QED) is 0.766. The molecule has 3 aromatic rings. The predicted octanol–water partition coefficient (Wildman–Crippen LogP) is 3.49. The van der Waals surface area contributed by atoms with Crippen molar-refractivity contribution in [3.05, 3.63) is 58.3 Å². The molecule has 0 bridgehead atoms. The van der Waals surface area contributed by atoms with Crippen molar-refractivity contribution in [1.29, 1.82) is 0 Å². The second-order valence-electron chi connectivity index (χ2n) is 4.56. The second kappa shape index (κ2) is 5.91. The van der Waals surface area contributed by atoms with Crippen molar-refractivity contribution in [2.45, 2.75) is 0 Å². The number of primary amides is 1. The summed E-state index contributed by atoms with van der Waals surface area (Å²) in [4.78, 5) is 27.6. The minimum absolute atomic E-state index is 0.0202. The Kier molecular flexibility index (Phi) is 3.94. The number of halogens is 2. The van der Waals surface area contributed by atoms with E-state index in [4.69, 9.17) is 33.7 Å². The Hall–Kier alpha value is -2.57. The van der Waals surface area contributed by atoms with Crippen LogP contribution in [0.4, 0.5) is 4.79 Å². The minimum atomic E-state index is -0.988. The summed E-state index contributed by atoms with van der Waals surface area (Å²) in [5.41, 5.74) is 5.67. The van der Waals surface area contributed by atoms with Crippen molar-refractivity contribution >= 4 is 46.1 Å². The Bertz CT molecular complexity index is 917. The van der Waals surface area contributed by atoms with Gasteiger partial charge in [-0.1, -0.05) is 29.3 Å². The Labute approximate surface area is 140 Å². The van der Waals surface area contributed by atoms with Crippen LogP contribution in [-0.2, 0) is 0 Å². The number of nitrogens with two attached hydrogens (primary N) is 1. The highest BCUT2D eigenvalue weighted by Gasteiger charge is 2.19. The summed E-state index contributed by atoms with van der Waals surface area (Å²) in [7, 11) is 0. The summed E-state index contributed by atoms with van der Waals surface area (Å²) in [6, 6.07) is 8.00. The van der Waals surface area contributed by atoms with E-state index in [1.165, 1.54) is 17.0 Å². The van der Waals surface area contributed by atoms with E-state index in [0.717, 1.165) is 0 Å². The number of fused-ring (bicyclic) bond motifs is 1. The van der Waals surface area contributed by atoms with Crippen LogP contribution < -0.4 is 10.5 Å². The van der Waals surface area contributed by atoms with E-state index in [2.05, 4.69) is 4.98 Å². The smallest absolute Gasteiger partial charge is 0.391 e. The number of aromatic nitrogens is 2. The molecule has 0 aliphatic carbocycles. The van der Waals surface area contributed by atoms with Crippen LogP contribution in [0.25, 0.3) is 10.9 Å². The van der Waals surface area contributed by atoms with Crippen LogP contribution in [0.1, 0.15) is 10.4 Å². The third-order valence-corrected chi connectivity index (χ3v) is 3.80. The molecular formula is C15H9Cl2N3O3. The average molecular weight is 350 g/mol. The van der Waals surface area contributed by atoms with Gasteiger partial charge in [-0.05, 0) is 24.3 Å². The molecule has 0 saturated heterocycles. The SMILES string of the molecule is NC(=O)Oc1nccc2c1ccn2C(=O)c1c(Cl)cccc1Cl.